The van der Waals surface area contributed by atoms with Crippen LogP contribution in [0.4, 0.5) is 11.5 Å². The Hall–Kier alpha value is -1.43. The van der Waals surface area contributed by atoms with E-state index in [1.165, 1.54) is 6.33 Å². The second-order valence-electron chi connectivity index (χ2n) is 3.68. The molecule has 1 rings (SSSR count). The van der Waals surface area contributed by atoms with Gasteiger partial charge in [0.25, 0.3) is 0 Å². The quantitative estimate of drug-likeness (QED) is 0.482. The molecule has 0 saturated carbocycles. The molecule has 7 heteroatoms. The minimum Gasteiger partial charge on any atom is -0.364 e. The predicted octanol–water partition coefficient (Wildman–Crippen LogP) is 2.89. The lowest BCUT2D eigenvalue weighted by molar-refractivity contribution is -0.384. The highest BCUT2D eigenvalue weighted by atomic mass is 35.5. The van der Waals surface area contributed by atoms with E-state index in [4.69, 9.17) is 11.6 Å². The summed E-state index contributed by atoms with van der Waals surface area (Å²) >= 11 is 5.67. The third-order valence-electron chi connectivity index (χ3n) is 2.67. The summed E-state index contributed by atoms with van der Waals surface area (Å²) in [5.74, 6) is 0.644. The zero-order chi connectivity index (χ0) is 12.8. The van der Waals surface area contributed by atoms with Crippen molar-refractivity contribution in [3.63, 3.8) is 0 Å². The molecule has 1 aromatic heterocycles. The Kier molecular flexibility index (Phi) is 5.09. The van der Waals surface area contributed by atoms with Gasteiger partial charge in [-0.05, 0) is 5.92 Å². The van der Waals surface area contributed by atoms with Crippen molar-refractivity contribution < 1.29 is 4.92 Å². The van der Waals surface area contributed by atoms with Crippen molar-refractivity contribution in [2.45, 2.75) is 26.7 Å². The highest BCUT2D eigenvalue weighted by molar-refractivity contribution is 6.31. The first-order valence-electron chi connectivity index (χ1n) is 5.48. The Balaban J connectivity index is 2.84. The standard InChI is InChI=1S/C10H15ClN4O2/c1-3-7(4-2)5-12-10-8(15(16)17)9(11)13-6-14-10/h6-7H,3-5H2,1-2H3,(H,12,13,14). The van der Waals surface area contributed by atoms with E-state index in [0.29, 0.717) is 12.5 Å². The van der Waals surface area contributed by atoms with Gasteiger partial charge in [-0.15, -0.1) is 0 Å². The first kappa shape index (κ1) is 13.6. The van der Waals surface area contributed by atoms with E-state index < -0.39 is 4.92 Å². The van der Waals surface area contributed by atoms with E-state index in [2.05, 4.69) is 29.1 Å². The summed E-state index contributed by atoms with van der Waals surface area (Å²) in [5.41, 5.74) is -0.264. The van der Waals surface area contributed by atoms with E-state index in [1.807, 2.05) is 0 Å². The Morgan fingerprint density at radius 1 is 1.47 bits per heavy atom. The lowest BCUT2D eigenvalue weighted by atomic mass is 10.0. The molecule has 0 aliphatic carbocycles. The molecule has 1 heterocycles. The Morgan fingerprint density at radius 2 is 2.12 bits per heavy atom. The van der Waals surface area contributed by atoms with Gasteiger partial charge in [0.05, 0.1) is 4.92 Å². The van der Waals surface area contributed by atoms with E-state index in [9.17, 15) is 10.1 Å². The molecule has 0 bridgehead atoms. The second-order valence-corrected chi connectivity index (χ2v) is 4.04. The minimum atomic E-state index is -0.572. The van der Waals surface area contributed by atoms with Gasteiger partial charge in [-0.1, -0.05) is 38.3 Å². The summed E-state index contributed by atoms with van der Waals surface area (Å²) in [7, 11) is 0. The SMILES string of the molecule is CCC(CC)CNc1ncnc(Cl)c1[N+](=O)[O-]. The number of hydrogen-bond acceptors (Lipinski definition) is 5. The van der Waals surface area contributed by atoms with Crippen LogP contribution in [-0.4, -0.2) is 21.4 Å². The summed E-state index contributed by atoms with van der Waals surface area (Å²) in [4.78, 5) is 17.7. The van der Waals surface area contributed by atoms with Gasteiger partial charge in [-0.3, -0.25) is 10.1 Å². The molecule has 0 atom stereocenters. The van der Waals surface area contributed by atoms with Gasteiger partial charge in [0.15, 0.2) is 0 Å². The highest BCUT2D eigenvalue weighted by Crippen LogP contribution is 2.28. The Bertz CT molecular complexity index is 396. The maximum Gasteiger partial charge on any atom is 0.348 e. The molecule has 0 unspecified atom stereocenters. The van der Waals surface area contributed by atoms with Crippen molar-refractivity contribution in [2.75, 3.05) is 11.9 Å². The van der Waals surface area contributed by atoms with Crippen LogP contribution in [-0.2, 0) is 0 Å². The maximum absolute atomic E-state index is 10.8. The fourth-order valence-electron chi connectivity index (χ4n) is 1.47. The van der Waals surface area contributed by atoms with Crippen LogP contribution < -0.4 is 5.32 Å². The van der Waals surface area contributed by atoms with Crippen LogP contribution in [0.15, 0.2) is 6.33 Å². The number of hydrogen-bond donors (Lipinski definition) is 1. The predicted molar refractivity (Wildman–Crippen MR) is 66.3 cm³/mol. The lowest BCUT2D eigenvalue weighted by Gasteiger charge is -2.13. The van der Waals surface area contributed by atoms with Gasteiger partial charge in [-0.25, -0.2) is 9.97 Å². The topological polar surface area (TPSA) is 81.0 Å². The fraction of sp³-hybridized carbons (Fsp3) is 0.600. The van der Waals surface area contributed by atoms with Crippen molar-refractivity contribution in [3.05, 3.63) is 21.6 Å². The number of anilines is 1. The first-order valence-corrected chi connectivity index (χ1v) is 5.86. The van der Waals surface area contributed by atoms with E-state index in [1.54, 1.807) is 0 Å². The third-order valence-corrected chi connectivity index (χ3v) is 2.95. The average molecular weight is 259 g/mol. The van der Waals surface area contributed by atoms with Crippen LogP contribution in [0.25, 0.3) is 0 Å². The lowest BCUT2D eigenvalue weighted by Crippen LogP contribution is -2.14. The van der Waals surface area contributed by atoms with Crippen molar-refractivity contribution in [1.82, 2.24) is 9.97 Å². The van der Waals surface area contributed by atoms with Crippen LogP contribution in [0.5, 0.6) is 0 Å². The molecule has 0 radical (unpaired) electrons. The van der Waals surface area contributed by atoms with Crippen LogP contribution >= 0.6 is 11.6 Å². The molecular weight excluding hydrogens is 244 g/mol. The molecule has 0 amide bonds. The number of nitro groups is 1. The molecule has 0 aliphatic heterocycles. The summed E-state index contributed by atoms with van der Waals surface area (Å²) < 4.78 is 0. The van der Waals surface area contributed by atoms with E-state index in [-0.39, 0.29) is 16.7 Å². The Labute approximate surface area is 105 Å². The molecule has 17 heavy (non-hydrogen) atoms. The molecule has 0 saturated heterocycles. The largest absolute Gasteiger partial charge is 0.364 e. The smallest absolute Gasteiger partial charge is 0.348 e. The van der Waals surface area contributed by atoms with Gasteiger partial charge in [0.1, 0.15) is 6.33 Å². The summed E-state index contributed by atoms with van der Waals surface area (Å²) in [5, 5.41) is 13.6. The van der Waals surface area contributed by atoms with Gasteiger partial charge in [0, 0.05) is 6.54 Å². The Morgan fingerprint density at radius 3 is 2.65 bits per heavy atom. The molecular formula is C10H15ClN4O2. The molecule has 1 aromatic rings. The molecule has 0 aliphatic rings. The van der Waals surface area contributed by atoms with Crippen molar-refractivity contribution in [3.8, 4) is 0 Å². The van der Waals surface area contributed by atoms with E-state index >= 15 is 0 Å². The summed E-state index contributed by atoms with van der Waals surface area (Å²) in [6.45, 7) is 4.80. The molecule has 0 fully saturated rings. The van der Waals surface area contributed by atoms with Gasteiger partial charge in [-0.2, -0.15) is 0 Å². The van der Waals surface area contributed by atoms with Crippen LogP contribution in [0.3, 0.4) is 0 Å². The molecule has 0 aromatic carbocycles. The molecule has 94 valence electrons. The van der Waals surface area contributed by atoms with Crippen LogP contribution in [0, 0.1) is 16.0 Å². The van der Waals surface area contributed by atoms with Crippen LogP contribution in [0.1, 0.15) is 26.7 Å². The fourth-order valence-corrected chi connectivity index (χ4v) is 1.67. The van der Waals surface area contributed by atoms with Crippen molar-refractivity contribution in [2.24, 2.45) is 5.92 Å². The van der Waals surface area contributed by atoms with Crippen LogP contribution in [0.2, 0.25) is 5.15 Å². The minimum absolute atomic E-state index is 0.142. The normalized spacial score (nSPS) is 10.6. The first-order chi connectivity index (χ1) is 8.10. The summed E-state index contributed by atoms with van der Waals surface area (Å²) in [6.07, 6.45) is 3.23. The van der Waals surface area contributed by atoms with Crippen molar-refractivity contribution >= 4 is 23.1 Å². The summed E-state index contributed by atoms with van der Waals surface area (Å²) in [6, 6.07) is 0. The van der Waals surface area contributed by atoms with Crippen molar-refractivity contribution in [1.29, 1.82) is 0 Å². The number of aromatic nitrogens is 2. The van der Waals surface area contributed by atoms with Gasteiger partial charge >= 0.3 is 5.69 Å². The van der Waals surface area contributed by atoms with E-state index in [0.717, 1.165) is 12.8 Å². The maximum atomic E-state index is 10.8. The molecule has 1 N–H and O–H groups in total. The second kappa shape index (κ2) is 6.34. The number of nitrogens with one attached hydrogen (secondary N) is 1. The van der Waals surface area contributed by atoms with Gasteiger partial charge < -0.3 is 5.32 Å². The highest BCUT2D eigenvalue weighted by Gasteiger charge is 2.21. The third kappa shape index (κ3) is 3.52. The number of nitrogens with zero attached hydrogens (tertiary/aromatic N) is 3. The average Bonchev–Trinajstić information content (AvgIpc) is 2.29. The van der Waals surface area contributed by atoms with Gasteiger partial charge in [0.2, 0.25) is 11.0 Å². The monoisotopic (exact) mass is 258 g/mol. The molecule has 0 spiro atoms. The molecule has 6 nitrogen and oxygen atoms in total. The zero-order valence-corrected chi connectivity index (χ0v) is 10.6. The number of halogens is 1. The number of rotatable bonds is 6. The zero-order valence-electron chi connectivity index (χ0n) is 9.81.